The van der Waals surface area contributed by atoms with Gasteiger partial charge in [0.25, 0.3) is 0 Å². The summed E-state index contributed by atoms with van der Waals surface area (Å²) >= 11 is 3.47. The Bertz CT molecular complexity index is 542. The summed E-state index contributed by atoms with van der Waals surface area (Å²) in [7, 11) is 0. The van der Waals surface area contributed by atoms with E-state index in [2.05, 4.69) is 52.0 Å². The minimum atomic E-state index is 0.352. The van der Waals surface area contributed by atoms with E-state index in [1.807, 2.05) is 18.2 Å². The summed E-state index contributed by atoms with van der Waals surface area (Å²) in [5, 5.41) is 10.0. The molecule has 0 atom stereocenters. The van der Waals surface area contributed by atoms with Crippen LogP contribution in [-0.4, -0.2) is 11.7 Å². The van der Waals surface area contributed by atoms with Gasteiger partial charge in [-0.2, -0.15) is 0 Å². The molecule has 3 heteroatoms. The smallest absolute Gasteiger partial charge is 0.120 e. The molecule has 0 bridgehead atoms. The lowest BCUT2D eigenvalue weighted by molar-refractivity contribution is 0.467. The lowest BCUT2D eigenvalue weighted by Gasteiger charge is -2.25. The quantitative estimate of drug-likeness (QED) is 0.807. The molecule has 0 saturated carbocycles. The van der Waals surface area contributed by atoms with Gasteiger partial charge in [-0.1, -0.05) is 47.5 Å². The Hall–Kier alpha value is -1.48. The summed E-state index contributed by atoms with van der Waals surface area (Å²) in [4.78, 5) is 2.31. The van der Waals surface area contributed by atoms with Crippen LogP contribution in [0.25, 0.3) is 0 Å². The number of anilines is 1. The standard InChI is InChI=1S/C17H20BrNO/c1-2-3-11-19(16-7-5-4-6-8-16)13-14-12-15(18)9-10-17(14)20/h4-10,12,20H,2-3,11,13H2,1H3. The number of hydrogen-bond acceptors (Lipinski definition) is 2. The Morgan fingerprint density at radius 3 is 2.55 bits per heavy atom. The van der Waals surface area contributed by atoms with Gasteiger partial charge in [0.15, 0.2) is 0 Å². The van der Waals surface area contributed by atoms with Gasteiger partial charge >= 0.3 is 0 Å². The third-order valence-corrected chi connectivity index (χ3v) is 3.80. The van der Waals surface area contributed by atoms with Gasteiger partial charge in [0, 0.05) is 28.8 Å². The van der Waals surface area contributed by atoms with Gasteiger partial charge < -0.3 is 10.0 Å². The molecule has 0 radical (unpaired) electrons. The van der Waals surface area contributed by atoms with Crippen LogP contribution in [0.15, 0.2) is 53.0 Å². The van der Waals surface area contributed by atoms with Crippen molar-refractivity contribution < 1.29 is 5.11 Å². The van der Waals surface area contributed by atoms with E-state index in [-0.39, 0.29) is 0 Å². The zero-order valence-corrected chi connectivity index (χ0v) is 13.3. The number of unbranched alkanes of at least 4 members (excludes halogenated alkanes) is 1. The van der Waals surface area contributed by atoms with Gasteiger partial charge in [-0.05, 0) is 36.8 Å². The minimum Gasteiger partial charge on any atom is -0.508 e. The molecular weight excluding hydrogens is 314 g/mol. The summed E-state index contributed by atoms with van der Waals surface area (Å²) in [5.41, 5.74) is 2.14. The average Bonchev–Trinajstić information content (AvgIpc) is 2.48. The van der Waals surface area contributed by atoms with E-state index < -0.39 is 0 Å². The molecule has 0 spiro atoms. The van der Waals surface area contributed by atoms with E-state index in [0.29, 0.717) is 5.75 Å². The fraction of sp³-hybridized carbons (Fsp3) is 0.294. The number of halogens is 1. The fourth-order valence-electron chi connectivity index (χ4n) is 2.17. The maximum absolute atomic E-state index is 10.0. The van der Waals surface area contributed by atoms with Crippen molar-refractivity contribution in [2.75, 3.05) is 11.4 Å². The topological polar surface area (TPSA) is 23.5 Å². The van der Waals surface area contributed by atoms with Gasteiger partial charge in [0.05, 0.1) is 0 Å². The fourth-order valence-corrected chi connectivity index (χ4v) is 2.58. The Kier molecular flexibility index (Phi) is 5.48. The van der Waals surface area contributed by atoms with Gasteiger partial charge in [-0.3, -0.25) is 0 Å². The molecule has 0 saturated heterocycles. The molecule has 0 aliphatic carbocycles. The number of para-hydroxylation sites is 1. The van der Waals surface area contributed by atoms with Crippen molar-refractivity contribution in [1.29, 1.82) is 0 Å². The van der Waals surface area contributed by atoms with Crippen molar-refractivity contribution >= 4 is 21.6 Å². The first-order chi connectivity index (χ1) is 9.70. The Labute approximate surface area is 129 Å². The molecule has 2 rings (SSSR count). The second-order valence-electron chi connectivity index (χ2n) is 4.88. The highest BCUT2D eigenvalue weighted by atomic mass is 79.9. The van der Waals surface area contributed by atoms with E-state index in [4.69, 9.17) is 0 Å². The third kappa shape index (κ3) is 4.01. The van der Waals surface area contributed by atoms with E-state index in [9.17, 15) is 5.11 Å². The number of phenols is 1. The maximum Gasteiger partial charge on any atom is 0.120 e. The van der Waals surface area contributed by atoms with Crippen molar-refractivity contribution in [3.8, 4) is 5.75 Å². The summed E-state index contributed by atoms with van der Waals surface area (Å²) in [6.45, 7) is 3.90. The summed E-state index contributed by atoms with van der Waals surface area (Å²) < 4.78 is 0.994. The van der Waals surface area contributed by atoms with Crippen LogP contribution in [0, 0.1) is 0 Å². The second-order valence-corrected chi connectivity index (χ2v) is 5.80. The predicted octanol–water partition coefficient (Wildman–Crippen LogP) is 4.96. The SMILES string of the molecule is CCCCN(Cc1cc(Br)ccc1O)c1ccccc1. The summed E-state index contributed by atoms with van der Waals surface area (Å²) in [6.07, 6.45) is 2.30. The summed E-state index contributed by atoms with van der Waals surface area (Å²) in [6, 6.07) is 15.9. The Balaban J connectivity index is 2.21. The van der Waals surface area contributed by atoms with Crippen LogP contribution in [0.1, 0.15) is 25.3 Å². The molecule has 0 aliphatic rings. The Morgan fingerprint density at radius 1 is 1.10 bits per heavy atom. The van der Waals surface area contributed by atoms with Crippen LogP contribution in [0.3, 0.4) is 0 Å². The molecule has 0 heterocycles. The molecular formula is C17H20BrNO. The number of aromatic hydroxyl groups is 1. The van der Waals surface area contributed by atoms with Crippen molar-refractivity contribution in [1.82, 2.24) is 0 Å². The molecule has 0 unspecified atom stereocenters. The average molecular weight is 334 g/mol. The molecule has 0 fully saturated rings. The highest BCUT2D eigenvalue weighted by Crippen LogP contribution is 2.25. The molecule has 2 nitrogen and oxygen atoms in total. The van der Waals surface area contributed by atoms with Gasteiger partial charge in [-0.25, -0.2) is 0 Å². The van der Waals surface area contributed by atoms with Crippen molar-refractivity contribution in [3.63, 3.8) is 0 Å². The zero-order valence-electron chi connectivity index (χ0n) is 11.7. The highest BCUT2D eigenvalue weighted by Gasteiger charge is 2.10. The molecule has 106 valence electrons. The zero-order chi connectivity index (χ0) is 14.4. The predicted molar refractivity (Wildman–Crippen MR) is 88.2 cm³/mol. The molecule has 20 heavy (non-hydrogen) atoms. The number of rotatable bonds is 6. The van der Waals surface area contributed by atoms with Crippen LogP contribution in [0.2, 0.25) is 0 Å². The van der Waals surface area contributed by atoms with E-state index in [1.54, 1.807) is 6.07 Å². The number of benzene rings is 2. The van der Waals surface area contributed by atoms with Crippen LogP contribution < -0.4 is 4.90 Å². The highest BCUT2D eigenvalue weighted by molar-refractivity contribution is 9.10. The molecule has 2 aromatic rings. The lowest BCUT2D eigenvalue weighted by atomic mass is 10.1. The van der Waals surface area contributed by atoms with Gasteiger partial charge in [0.1, 0.15) is 5.75 Å². The van der Waals surface area contributed by atoms with Crippen LogP contribution in [0.4, 0.5) is 5.69 Å². The van der Waals surface area contributed by atoms with Gasteiger partial charge in [-0.15, -0.1) is 0 Å². The van der Waals surface area contributed by atoms with E-state index >= 15 is 0 Å². The second kappa shape index (κ2) is 7.34. The Morgan fingerprint density at radius 2 is 1.85 bits per heavy atom. The summed E-state index contributed by atoms with van der Waals surface area (Å²) in [5.74, 6) is 0.352. The minimum absolute atomic E-state index is 0.352. The van der Waals surface area contributed by atoms with E-state index in [0.717, 1.165) is 36.0 Å². The maximum atomic E-state index is 10.0. The van der Waals surface area contributed by atoms with Crippen molar-refractivity contribution in [2.45, 2.75) is 26.3 Å². The van der Waals surface area contributed by atoms with Crippen molar-refractivity contribution in [2.24, 2.45) is 0 Å². The molecule has 0 aromatic heterocycles. The number of nitrogens with zero attached hydrogens (tertiary/aromatic N) is 1. The molecule has 1 N–H and O–H groups in total. The first-order valence-corrected chi connectivity index (χ1v) is 7.77. The van der Waals surface area contributed by atoms with Crippen LogP contribution in [-0.2, 0) is 6.54 Å². The third-order valence-electron chi connectivity index (χ3n) is 3.31. The normalized spacial score (nSPS) is 10.5. The largest absolute Gasteiger partial charge is 0.508 e. The molecule has 2 aromatic carbocycles. The molecule has 0 aliphatic heterocycles. The first-order valence-electron chi connectivity index (χ1n) is 6.98. The van der Waals surface area contributed by atoms with Crippen molar-refractivity contribution in [3.05, 3.63) is 58.6 Å². The number of phenolic OH excluding ortho intramolecular Hbond substituents is 1. The van der Waals surface area contributed by atoms with Crippen LogP contribution >= 0.6 is 15.9 Å². The first kappa shape index (κ1) is 14.9. The number of hydrogen-bond donors (Lipinski definition) is 1. The van der Waals surface area contributed by atoms with Crippen LogP contribution in [0.5, 0.6) is 5.75 Å². The monoisotopic (exact) mass is 333 g/mol. The van der Waals surface area contributed by atoms with E-state index in [1.165, 1.54) is 5.69 Å². The molecule has 0 amide bonds. The van der Waals surface area contributed by atoms with Gasteiger partial charge in [0.2, 0.25) is 0 Å². The lowest BCUT2D eigenvalue weighted by Crippen LogP contribution is -2.23.